The van der Waals surface area contributed by atoms with Crippen LogP contribution in [0.25, 0.3) is 28.2 Å². The van der Waals surface area contributed by atoms with E-state index in [9.17, 15) is 4.79 Å². The van der Waals surface area contributed by atoms with E-state index in [4.69, 9.17) is 10.7 Å². The Morgan fingerprint density at radius 1 is 0.963 bits per heavy atom. The summed E-state index contributed by atoms with van der Waals surface area (Å²) in [6.45, 7) is 0.783. The van der Waals surface area contributed by atoms with Gasteiger partial charge in [-0.3, -0.25) is 4.79 Å². The van der Waals surface area contributed by atoms with Crippen molar-refractivity contribution in [3.8, 4) is 22.5 Å². The Morgan fingerprint density at radius 2 is 1.63 bits per heavy atom. The fraction of sp³-hybridized carbons (Fsp3) is 0.0952. The molecular formula is C21H19N5O. The zero-order valence-corrected chi connectivity index (χ0v) is 14.7. The number of nitrogens with zero attached hydrogens (tertiary/aromatic N) is 3. The first-order valence-electron chi connectivity index (χ1n) is 8.76. The van der Waals surface area contributed by atoms with E-state index >= 15 is 0 Å². The van der Waals surface area contributed by atoms with Crippen LogP contribution in [0.15, 0.2) is 72.8 Å². The zero-order valence-electron chi connectivity index (χ0n) is 14.7. The summed E-state index contributed by atoms with van der Waals surface area (Å²) in [6.07, 6.45) is 0. The van der Waals surface area contributed by atoms with Gasteiger partial charge in [-0.15, -0.1) is 0 Å². The second kappa shape index (κ2) is 7.39. The number of aromatic nitrogens is 3. The minimum atomic E-state index is -0.258. The molecule has 0 aliphatic carbocycles. The molecule has 0 aliphatic heterocycles. The van der Waals surface area contributed by atoms with Gasteiger partial charge in [-0.1, -0.05) is 60.7 Å². The van der Waals surface area contributed by atoms with Gasteiger partial charge < -0.3 is 11.1 Å². The summed E-state index contributed by atoms with van der Waals surface area (Å²) in [6, 6.07) is 23.6. The van der Waals surface area contributed by atoms with E-state index in [1.165, 1.54) is 0 Å². The van der Waals surface area contributed by atoms with Crippen LogP contribution in [-0.4, -0.2) is 33.6 Å². The van der Waals surface area contributed by atoms with Crippen LogP contribution in [-0.2, 0) is 0 Å². The lowest BCUT2D eigenvalue weighted by atomic mass is 10.1. The number of carbonyl (C=O) groups excluding carboxylic acids is 1. The Labute approximate surface area is 156 Å². The van der Waals surface area contributed by atoms with E-state index in [-0.39, 0.29) is 5.91 Å². The summed E-state index contributed by atoms with van der Waals surface area (Å²) in [5.41, 5.74) is 10.1. The van der Waals surface area contributed by atoms with Gasteiger partial charge in [-0.25, -0.2) is 9.50 Å². The number of rotatable bonds is 5. The maximum absolute atomic E-state index is 12.3. The Kier molecular flexibility index (Phi) is 4.63. The van der Waals surface area contributed by atoms with Gasteiger partial charge in [0.25, 0.3) is 5.91 Å². The van der Waals surface area contributed by atoms with E-state index in [0.717, 1.165) is 22.5 Å². The predicted octanol–water partition coefficient (Wildman–Crippen LogP) is 2.75. The standard InChI is InChI=1S/C21H19N5O/c22-11-12-23-21(27)18-14-20-24-17(15-7-3-1-4-8-15)13-19(26(20)25-18)16-9-5-2-6-10-16/h1-10,13-14H,11-12,22H2,(H,23,27). The summed E-state index contributed by atoms with van der Waals surface area (Å²) < 4.78 is 1.71. The highest BCUT2D eigenvalue weighted by molar-refractivity contribution is 5.93. The Bertz CT molecular complexity index is 1070. The number of carbonyl (C=O) groups is 1. The largest absolute Gasteiger partial charge is 0.349 e. The van der Waals surface area contributed by atoms with Crippen molar-refractivity contribution in [3.63, 3.8) is 0 Å². The number of fused-ring (bicyclic) bond motifs is 1. The SMILES string of the molecule is NCCNC(=O)c1cc2nc(-c3ccccc3)cc(-c3ccccc3)n2n1. The lowest BCUT2D eigenvalue weighted by Gasteiger charge is -2.08. The van der Waals surface area contributed by atoms with Crippen molar-refractivity contribution in [2.24, 2.45) is 5.73 Å². The predicted molar refractivity (Wildman–Crippen MR) is 105 cm³/mol. The van der Waals surface area contributed by atoms with Gasteiger partial charge in [0.15, 0.2) is 11.3 Å². The minimum absolute atomic E-state index is 0.258. The summed E-state index contributed by atoms with van der Waals surface area (Å²) >= 11 is 0. The number of nitrogens with one attached hydrogen (secondary N) is 1. The van der Waals surface area contributed by atoms with Crippen molar-refractivity contribution in [2.45, 2.75) is 0 Å². The molecule has 0 saturated carbocycles. The van der Waals surface area contributed by atoms with E-state index in [1.54, 1.807) is 10.6 Å². The van der Waals surface area contributed by atoms with Crippen LogP contribution in [0, 0.1) is 0 Å². The molecule has 6 nitrogen and oxygen atoms in total. The number of benzene rings is 2. The molecule has 0 saturated heterocycles. The lowest BCUT2D eigenvalue weighted by molar-refractivity contribution is 0.0949. The van der Waals surface area contributed by atoms with Crippen molar-refractivity contribution in [3.05, 3.63) is 78.5 Å². The molecule has 6 heteroatoms. The molecular weight excluding hydrogens is 338 g/mol. The van der Waals surface area contributed by atoms with Gasteiger partial charge in [-0.2, -0.15) is 5.10 Å². The molecule has 0 spiro atoms. The van der Waals surface area contributed by atoms with Gasteiger partial charge in [0.05, 0.1) is 11.4 Å². The molecule has 2 aromatic carbocycles. The molecule has 0 atom stereocenters. The normalized spacial score (nSPS) is 10.9. The molecule has 0 unspecified atom stereocenters. The van der Waals surface area contributed by atoms with Crippen LogP contribution in [0.5, 0.6) is 0 Å². The van der Waals surface area contributed by atoms with Crippen LogP contribution in [0.3, 0.4) is 0 Å². The molecule has 2 heterocycles. The first-order valence-corrected chi connectivity index (χ1v) is 8.76. The Hall–Kier alpha value is -3.51. The van der Waals surface area contributed by atoms with Gasteiger partial charge in [0.2, 0.25) is 0 Å². The van der Waals surface area contributed by atoms with E-state index in [0.29, 0.717) is 24.4 Å². The van der Waals surface area contributed by atoms with Gasteiger partial charge in [0, 0.05) is 30.3 Å². The number of nitrogens with two attached hydrogens (primary N) is 1. The summed E-state index contributed by atoms with van der Waals surface area (Å²) in [4.78, 5) is 17.0. The molecule has 0 bridgehead atoms. The molecule has 4 aromatic rings. The molecule has 0 aliphatic rings. The average Bonchev–Trinajstić information content (AvgIpc) is 3.17. The van der Waals surface area contributed by atoms with Crippen LogP contribution >= 0.6 is 0 Å². The fourth-order valence-corrected chi connectivity index (χ4v) is 2.93. The topological polar surface area (TPSA) is 85.3 Å². The van der Waals surface area contributed by atoms with Gasteiger partial charge in [-0.05, 0) is 6.07 Å². The second-order valence-electron chi connectivity index (χ2n) is 6.10. The van der Waals surface area contributed by atoms with E-state index in [2.05, 4.69) is 10.4 Å². The quantitative estimate of drug-likeness (QED) is 0.575. The van der Waals surface area contributed by atoms with Crippen LogP contribution < -0.4 is 11.1 Å². The first kappa shape index (κ1) is 16.9. The monoisotopic (exact) mass is 357 g/mol. The number of hydrogen-bond donors (Lipinski definition) is 2. The molecule has 134 valence electrons. The van der Waals surface area contributed by atoms with E-state index < -0.39 is 0 Å². The van der Waals surface area contributed by atoms with Crippen molar-refractivity contribution >= 4 is 11.6 Å². The third-order valence-corrected chi connectivity index (χ3v) is 4.23. The maximum atomic E-state index is 12.3. The zero-order chi connectivity index (χ0) is 18.6. The fourth-order valence-electron chi connectivity index (χ4n) is 2.93. The molecule has 1 amide bonds. The molecule has 27 heavy (non-hydrogen) atoms. The highest BCUT2D eigenvalue weighted by atomic mass is 16.1. The molecule has 2 aromatic heterocycles. The van der Waals surface area contributed by atoms with Crippen LogP contribution in [0.1, 0.15) is 10.5 Å². The Balaban J connectivity index is 1.89. The van der Waals surface area contributed by atoms with Crippen molar-refractivity contribution < 1.29 is 4.79 Å². The van der Waals surface area contributed by atoms with Crippen molar-refractivity contribution in [2.75, 3.05) is 13.1 Å². The minimum Gasteiger partial charge on any atom is -0.349 e. The molecule has 0 fully saturated rings. The third-order valence-electron chi connectivity index (χ3n) is 4.23. The summed E-state index contributed by atoms with van der Waals surface area (Å²) in [5, 5.41) is 7.23. The highest BCUT2D eigenvalue weighted by Crippen LogP contribution is 2.26. The smallest absolute Gasteiger partial charge is 0.271 e. The van der Waals surface area contributed by atoms with E-state index in [1.807, 2.05) is 66.7 Å². The van der Waals surface area contributed by atoms with Crippen LogP contribution in [0.2, 0.25) is 0 Å². The highest BCUT2D eigenvalue weighted by Gasteiger charge is 2.15. The molecule has 3 N–H and O–H groups in total. The number of amides is 1. The van der Waals surface area contributed by atoms with Gasteiger partial charge in [0.1, 0.15) is 0 Å². The lowest BCUT2D eigenvalue weighted by Crippen LogP contribution is -2.29. The second-order valence-corrected chi connectivity index (χ2v) is 6.10. The number of hydrogen-bond acceptors (Lipinski definition) is 4. The molecule has 0 radical (unpaired) electrons. The third kappa shape index (κ3) is 3.43. The maximum Gasteiger partial charge on any atom is 0.271 e. The van der Waals surface area contributed by atoms with Crippen LogP contribution in [0.4, 0.5) is 0 Å². The Morgan fingerprint density at radius 3 is 2.30 bits per heavy atom. The summed E-state index contributed by atoms with van der Waals surface area (Å²) in [5.74, 6) is -0.258. The average molecular weight is 357 g/mol. The molecule has 4 rings (SSSR count). The van der Waals surface area contributed by atoms with Crippen molar-refractivity contribution in [1.29, 1.82) is 0 Å². The first-order chi connectivity index (χ1) is 13.3. The summed E-state index contributed by atoms with van der Waals surface area (Å²) in [7, 11) is 0. The van der Waals surface area contributed by atoms with Crippen molar-refractivity contribution in [1.82, 2.24) is 19.9 Å². The van der Waals surface area contributed by atoms with Gasteiger partial charge >= 0.3 is 0 Å².